The Kier molecular flexibility index (Phi) is 12.1. The molecule has 3 aromatic carbocycles. The molecule has 0 bridgehead atoms. The highest BCUT2D eigenvalue weighted by atomic mass is 35.5. The van der Waals surface area contributed by atoms with E-state index in [1.807, 2.05) is 78.6 Å². The Hall–Kier alpha value is -3.98. The smallest absolute Gasteiger partial charge is 0.248 e. The normalized spacial score (nSPS) is 20.9. The van der Waals surface area contributed by atoms with Crippen LogP contribution < -0.4 is 11.1 Å². The first-order valence-corrected chi connectivity index (χ1v) is 17.2. The van der Waals surface area contributed by atoms with Gasteiger partial charge in [0.15, 0.2) is 5.90 Å². The van der Waals surface area contributed by atoms with Gasteiger partial charge < -0.3 is 25.4 Å². The van der Waals surface area contributed by atoms with Gasteiger partial charge in [-0.15, -0.1) is 0 Å². The van der Waals surface area contributed by atoms with Crippen LogP contribution in [0, 0.1) is 5.41 Å². The Morgan fingerprint density at radius 2 is 1.75 bits per heavy atom. The Morgan fingerprint density at radius 1 is 1.06 bits per heavy atom. The van der Waals surface area contributed by atoms with E-state index in [9.17, 15) is 9.59 Å². The van der Waals surface area contributed by atoms with Gasteiger partial charge in [0.2, 0.25) is 11.8 Å². The van der Waals surface area contributed by atoms with Gasteiger partial charge in [0.05, 0.1) is 36.3 Å². The molecule has 0 spiro atoms. The molecule has 3 aromatic rings. The number of hydrogen-bond acceptors (Lipinski definition) is 6. The lowest BCUT2D eigenvalue weighted by molar-refractivity contribution is -0.141. The summed E-state index contributed by atoms with van der Waals surface area (Å²) in [5.41, 5.74) is 8.58. The molecule has 2 aliphatic rings. The molecule has 5 rings (SSSR count). The van der Waals surface area contributed by atoms with Crippen LogP contribution >= 0.6 is 11.6 Å². The van der Waals surface area contributed by atoms with Crippen LogP contribution in [-0.2, 0) is 38.5 Å². The van der Waals surface area contributed by atoms with Crippen LogP contribution in [0.1, 0.15) is 50.3 Å². The highest BCUT2D eigenvalue weighted by Crippen LogP contribution is 2.33. The van der Waals surface area contributed by atoms with Gasteiger partial charge in [-0.3, -0.25) is 9.59 Å². The van der Waals surface area contributed by atoms with Crippen LogP contribution in [0.5, 0.6) is 0 Å². The molecule has 2 amide bonds. The lowest BCUT2D eigenvalue weighted by Crippen LogP contribution is -2.57. The Balaban J connectivity index is 1.37. The largest absolute Gasteiger partial charge is 0.478 e. The molecule has 1 fully saturated rings. The van der Waals surface area contributed by atoms with E-state index in [1.165, 1.54) is 5.56 Å². The molecule has 6 atom stereocenters. The summed E-state index contributed by atoms with van der Waals surface area (Å²) in [5.74, 6) is 0.0940. The summed E-state index contributed by atoms with van der Waals surface area (Å²) in [6.45, 7) is 6.95. The van der Waals surface area contributed by atoms with Crippen LogP contribution in [0.3, 0.4) is 0 Å². The fraction of sp³-hybridized carbons (Fsp3) is 0.410. The molecule has 0 aromatic heterocycles. The minimum absolute atomic E-state index is 0.0192. The van der Waals surface area contributed by atoms with E-state index in [0.29, 0.717) is 37.1 Å². The van der Waals surface area contributed by atoms with Crippen LogP contribution in [-0.4, -0.2) is 66.0 Å². The molecule has 1 saturated heterocycles. The summed E-state index contributed by atoms with van der Waals surface area (Å²) in [7, 11) is 0. The van der Waals surface area contributed by atoms with Crippen LogP contribution in [0.4, 0.5) is 0 Å². The van der Waals surface area contributed by atoms with Gasteiger partial charge in [-0.25, -0.2) is 4.99 Å². The van der Waals surface area contributed by atoms with Gasteiger partial charge in [-0.05, 0) is 75.3 Å². The predicted octanol–water partition coefficient (Wildman–Crippen LogP) is 5.91. The zero-order valence-electron chi connectivity index (χ0n) is 28.1. The van der Waals surface area contributed by atoms with E-state index in [1.54, 1.807) is 6.92 Å². The van der Waals surface area contributed by atoms with E-state index in [4.69, 9.17) is 31.8 Å². The minimum Gasteiger partial charge on any atom is -0.478 e. The van der Waals surface area contributed by atoms with Crippen LogP contribution in [0.15, 0.2) is 102 Å². The van der Waals surface area contributed by atoms with Gasteiger partial charge in [0.25, 0.3) is 0 Å². The second-order valence-electron chi connectivity index (χ2n) is 13.2. The number of nitrogens with zero attached hydrogens (tertiary/aromatic N) is 2. The summed E-state index contributed by atoms with van der Waals surface area (Å²) in [4.78, 5) is 33.9. The molecule has 9 heteroatoms. The van der Waals surface area contributed by atoms with Crippen molar-refractivity contribution in [3.8, 4) is 0 Å². The number of nitrogens with one attached hydrogen (secondary N) is 1. The molecule has 8 nitrogen and oxygen atoms in total. The zero-order valence-corrected chi connectivity index (χ0v) is 28.8. The third kappa shape index (κ3) is 9.34. The van der Waals surface area contributed by atoms with E-state index < -0.39 is 29.5 Å². The molecule has 0 saturated carbocycles. The quantitative estimate of drug-likeness (QED) is 0.207. The van der Waals surface area contributed by atoms with Crippen molar-refractivity contribution in [2.75, 3.05) is 13.2 Å². The standard InChI is InChI=1S/C39H47ClN4O4/c1-27(41)36(45)43-35(28(2)47-25-30-14-8-5-9-15-30)37(46)44-21-11-18-34(44)19-20-39(3,24-31-16-10-17-32(40)22-31)38-42-33(26-48-38)23-29-12-6-4-7-13-29/h4-10,12-17,19-20,22,27-28,33-35H,11,18,21,23-26,41H2,1-3H3,(H,43,45)/b20-19+/t27?,28?,33-,34?,35?,39-/m0/s1. The molecule has 48 heavy (non-hydrogen) atoms. The third-order valence-corrected chi connectivity index (χ3v) is 9.28. The van der Waals surface area contributed by atoms with Gasteiger partial charge in [0, 0.05) is 11.6 Å². The Bertz CT molecular complexity index is 1580. The number of nitrogens with two attached hydrogens (primary N) is 1. The average Bonchev–Trinajstić information content (AvgIpc) is 3.76. The van der Waals surface area contributed by atoms with Crippen LogP contribution in [0.25, 0.3) is 0 Å². The number of halogens is 1. The number of benzene rings is 3. The number of ether oxygens (including phenoxy) is 2. The number of rotatable bonds is 14. The van der Waals surface area contributed by atoms with Crippen LogP contribution in [0.2, 0.25) is 5.02 Å². The van der Waals surface area contributed by atoms with Gasteiger partial charge >= 0.3 is 0 Å². The number of carbonyl (C=O) groups excluding carboxylic acids is 2. The summed E-state index contributed by atoms with van der Waals surface area (Å²) in [6.07, 6.45) is 6.72. The maximum absolute atomic E-state index is 14.2. The fourth-order valence-corrected chi connectivity index (χ4v) is 6.54. The first-order chi connectivity index (χ1) is 23.1. The van der Waals surface area contributed by atoms with E-state index >= 15 is 0 Å². The molecule has 0 radical (unpaired) electrons. The molecule has 2 heterocycles. The highest BCUT2D eigenvalue weighted by molar-refractivity contribution is 6.30. The first-order valence-electron chi connectivity index (χ1n) is 16.8. The van der Waals surface area contributed by atoms with Crippen molar-refractivity contribution in [2.45, 2.75) is 83.3 Å². The molecular formula is C39H47ClN4O4. The Morgan fingerprint density at radius 3 is 2.44 bits per heavy atom. The molecule has 4 unspecified atom stereocenters. The summed E-state index contributed by atoms with van der Waals surface area (Å²) in [6, 6.07) is 26.1. The molecule has 0 aliphatic carbocycles. The summed E-state index contributed by atoms with van der Waals surface area (Å²) in [5, 5.41) is 3.55. The van der Waals surface area contributed by atoms with Crippen molar-refractivity contribution in [3.63, 3.8) is 0 Å². The molecule has 3 N–H and O–H groups in total. The van der Waals surface area contributed by atoms with Crippen molar-refractivity contribution < 1.29 is 19.1 Å². The number of amides is 2. The highest BCUT2D eigenvalue weighted by Gasteiger charge is 2.39. The maximum Gasteiger partial charge on any atom is 0.248 e. The molecule has 2 aliphatic heterocycles. The zero-order chi connectivity index (χ0) is 34.1. The summed E-state index contributed by atoms with van der Waals surface area (Å²) < 4.78 is 12.4. The van der Waals surface area contributed by atoms with E-state index in [-0.39, 0.29) is 18.0 Å². The molecular weight excluding hydrogens is 624 g/mol. The first kappa shape index (κ1) is 35.3. The number of aliphatic imine (C=N–C) groups is 1. The van der Waals surface area contributed by atoms with Gasteiger partial charge in [-0.2, -0.15) is 0 Å². The van der Waals surface area contributed by atoms with Crippen molar-refractivity contribution in [2.24, 2.45) is 16.1 Å². The monoisotopic (exact) mass is 670 g/mol. The predicted molar refractivity (Wildman–Crippen MR) is 191 cm³/mol. The lowest BCUT2D eigenvalue weighted by atomic mass is 9.82. The van der Waals surface area contributed by atoms with Crippen molar-refractivity contribution in [1.29, 1.82) is 0 Å². The number of carbonyl (C=O) groups is 2. The average molecular weight is 671 g/mol. The Labute approximate surface area is 289 Å². The lowest BCUT2D eigenvalue weighted by Gasteiger charge is -2.32. The van der Waals surface area contributed by atoms with Crippen molar-refractivity contribution in [1.82, 2.24) is 10.2 Å². The van der Waals surface area contributed by atoms with Gasteiger partial charge in [0.1, 0.15) is 12.6 Å². The van der Waals surface area contributed by atoms with E-state index in [0.717, 1.165) is 30.4 Å². The van der Waals surface area contributed by atoms with E-state index in [2.05, 4.69) is 42.6 Å². The molecule has 254 valence electrons. The minimum atomic E-state index is -0.889. The second kappa shape index (κ2) is 16.4. The van der Waals surface area contributed by atoms with Gasteiger partial charge in [-0.1, -0.05) is 96.5 Å². The number of hydrogen-bond donors (Lipinski definition) is 2. The summed E-state index contributed by atoms with van der Waals surface area (Å²) >= 11 is 6.38. The third-order valence-electron chi connectivity index (χ3n) is 9.05. The SMILES string of the molecule is CC(N)C(=O)NC(C(=O)N1CCCC1/C=C/[C@@](C)(Cc1cccc(Cl)c1)C1=N[C@@H](Cc2ccccc2)CO1)C(C)OCc1ccccc1. The fourth-order valence-electron chi connectivity index (χ4n) is 6.33. The number of likely N-dealkylation sites (tertiary alicyclic amines) is 1. The van der Waals surface area contributed by atoms with Crippen molar-refractivity contribution >= 4 is 29.3 Å². The van der Waals surface area contributed by atoms with Crippen molar-refractivity contribution in [3.05, 3.63) is 119 Å². The topological polar surface area (TPSA) is 106 Å². The second-order valence-corrected chi connectivity index (χ2v) is 13.6. The maximum atomic E-state index is 14.2.